The zero-order valence-electron chi connectivity index (χ0n) is 17.4. The smallest absolute Gasteiger partial charge is 0.222 e. The third kappa shape index (κ3) is 8.67. The lowest BCUT2D eigenvalue weighted by atomic mass is 10.1. The van der Waals surface area contributed by atoms with Crippen LogP contribution in [-0.2, 0) is 11.3 Å². The fourth-order valence-electron chi connectivity index (χ4n) is 3.30. The Kier molecular flexibility index (Phi) is 11.9. The van der Waals surface area contributed by atoms with Crippen LogP contribution in [0.25, 0.3) is 0 Å². The highest BCUT2D eigenvalue weighted by Gasteiger charge is 2.15. The van der Waals surface area contributed by atoms with Gasteiger partial charge >= 0.3 is 0 Å². The summed E-state index contributed by atoms with van der Waals surface area (Å²) in [5.41, 5.74) is 2.29. The molecule has 1 aliphatic heterocycles. The Hall–Kier alpha value is -1.51. The van der Waals surface area contributed by atoms with Gasteiger partial charge in [0, 0.05) is 32.6 Å². The molecule has 0 atom stereocenters. The number of ether oxygens (including phenoxy) is 1. The number of rotatable bonds is 8. The van der Waals surface area contributed by atoms with Gasteiger partial charge in [-0.2, -0.15) is 0 Å². The SMILES string of the molecule is CCNC(=NCc1cc(C)cc(OC)c1)NCCCN1CCCCCC1=O.I. The molecule has 0 radical (unpaired) electrons. The highest BCUT2D eigenvalue weighted by Crippen LogP contribution is 2.17. The predicted molar refractivity (Wildman–Crippen MR) is 126 cm³/mol. The molecule has 28 heavy (non-hydrogen) atoms. The summed E-state index contributed by atoms with van der Waals surface area (Å²) in [6.45, 7) is 8.05. The van der Waals surface area contributed by atoms with Crippen LogP contribution in [0.4, 0.5) is 0 Å². The van der Waals surface area contributed by atoms with Crippen LogP contribution in [0.3, 0.4) is 0 Å². The number of aryl methyl sites for hydroxylation is 1. The van der Waals surface area contributed by atoms with Crippen molar-refractivity contribution in [2.45, 2.75) is 52.5 Å². The van der Waals surface area contributed by atoms with Gasteiger partial charge in [0.15, 0.2) is 5.96 Å². The van der Waals surface area contributed by atoms with Crippen molar-refractivity contribution in [3.05, 3.63) is 29.3 Å². The molecule has 0 saturated carbocycles. The summed E-state index contributed by atoms with van der Waals surface area (Å²) in [6.07, 6.45) is 4.96. The Morgan fingerprint density at radius 3 is 2.79 bits per heavy atom. The van der Waals surface area contributed by atoms with Crippen molar-refractivity contribution in [1.82, 2.24) is 15.5 Å². The summed E-state index contributed by atoms with van der Waals surface area (Å²) >= 11 is 0. The number of guanidine groups is 1. The molecule has 1 fully saturated rings. The summed E-state index contributed by atoms with van der Waals surface area (Å²) in [5.74, 6) is 1.97. The minimum Gasteiger partial charge on any atom is -0.497 e. The van der Waals surface area contributed by atoms with Gasteiger partial charge in [-0.1, -0.05) is 12.5 Å². The number of carbonyl (C=O) groups is 1. The third-order valence-corrected chi connectivity index (χ3v) is 4.68. The normalized spacial score (nSPS) is 14.9. The van der Waals surface area contributed by atoms with E-state index >= 15 is 0 Å². The van der Waals surface area contributed by atoms with Gasteiger partial charge in [0.1, 0.15) is 5.75 Å². The Bertz CT molecular complexity index is 637. The lowest BCUT2D eigenvalue weighted by molar-refractivity contribution is -0.130. The van der Waals surface area contributed by atoms with E-state index in [1.807, 2.05) is 17.0 Å². The van der Waals surface area contributed by atoms with Crippen LogP contribution >= 0.6 is 24.0 Å². The van der Waals surface area contributed by atoms with Crippen molar-refractivity contribution < 1.29 is 9.53 Å². The minimum absolute atomic E-state index is 0. The summed E-state index contributed by atoms with van der Waals surface area (Å²) in [4.78, 5) is 18.7. The van der Waals surface area contributed by atoms with Gasteiger partial charge in [-0.05, 0) is 56.4 Å². The first kappa shape index (κ1) is 24.5. The molecule has 0 aromatic heterocycles. The zero-order valence-corrected chi connectivity index (χ0v) is 19.8. The number of methoxy groups -OCH3 is 1. The van der Waals surface area contributed by atoms with Gasteiger partial charge in [0.2, 0.25) is 5.91 Å². The van der Waals surface area contributed by atoms with E-state index in [9.17, 15) is 4.79 Å². The van der Waals surface area contributed by atoms with Gasteiger partial charge in [-0.15, -0.1) is 24.0 Å². The monoisotopic (exact) mass is 502 g/mol. The standard InChI is InChI=1S/C21H34N4O2.HI/c1-4-22-21(24-16-18-13-17(2)14-19(15-18)27-3)23-10-8-12-25-11-7-5-6-9-20(25)26;/h13-15H,4-12,16H2,1-3H3,(H2,22,23,24);1H. The molecule has 0 unspecified atom stereocenters. The molecule has 7 heteroatoms. The number of aliphatic imine (C=N–C) groups is 1. The number of benzene rings is 1. The van der Waals surface area contributed by atoms with E-state index in [0.717, 1.165) is 62.7 Å². The molecule has 0 spiro atoms. The van der Waals surface area contributed by atoms with Gasteiger partial charge in [-0.25, -0.2) is 4.99 Å². The molecule has 0 bridgehead atoms. The number of likely N-dealkylation sites (tertiary alicyclic amines) is 1. The van der Waals surface area contributed by atoms with Gasteiger partial charge in [0.05, 0.1) is 13.7 Å². The fourth-order valence-corrected chi connectivity index (χ4v) is 3.30. The first-order valence-corrected chi connectivity index (χ1v) is 10.1. The maximum absolute atomic E-state index is 12.0. The maximum Gasteiger partial charge on any atom is 0.222 e. The molecule has 2 N–H and O–H groups in total. The molecule has 1 saturated heterocycles. The van der Waals surface area contributed by atoms with Gasteiger partial charge in [-0.3, -0.25) is 4.79 Å². The van der Waals surface area contributed by atoms with Crippen molar-refractivity contribution in [1.29, 1.82) is 0 Å². The molecular formula is C21H35IN4O2. The molecule has 1 heterocycles. The van der Waals surface area contributed by atoms with E-state index < -0.39 is 0 Å². The van der Waals surface area contributed by atoms with Crippen LogP contribution in [-0.4, -0.2) is 50.1 Å². The van der Waals surface area contributed by atoms with Crippen LogP contribution in [0, 0.1) is 6.92 Å². The second-order valence-electron chi connectivity index (χ2n) is 7.03. The Labute approximate surface area is 186 Å². The molecule has 158 valence electrons. The van der Waals surface area contributed by atoms with Crippen LogP contribution in [0.1, 0.15) is 50.2 Å². The van der Waals surface area contributed by atoms with Crippen molar-refractivity contribution in [2.75, 3.05) is 33.3 Å². The molecule has 0 aliphatic carbocycles. The van der Waals surface area contributed by atoms with Gasteiger partial charge < -0.3 is 20.3 Å². The number of nitrogens with zero attached hydrogens (tertiary/aromatic N) is 2. The third-order valence-electron chi connectivity index (χ3n) is 4.68. The molecular weight excluding hydrogens is 467 g/mol. The van der Waals surface area contributed by atoms with Crippen molar-refractivity contribution in [3.8, 4) is 5.75 Å². The first-order chi connectivity index (χ1) is 13.1. The summed E-state index contributed by atoms with van der Waals surface area (Å²) in [7, 11) is 1.68. The van der Waals surface area contributed by atoms with Crippen molar-refractivity contribution in [2.24, 2.45) is 4.99 Å². The fraction of sp³-hybridized carbons (Fsp3) is 0.619. The number of hydrogen-bond donors (Lipinski definition) is 2. The lowest BCUT2D eigenvalue weighted by Gasteiger charge is -2.20. The van der Waals surface area contributed by atoms with E-state index in [0.29, 0.717) is 18.9 Å². The highest BCUT2D eigenvalue weighted by molar-refractivity contribution is 14.0. The lowest BCUT2D eigenvalue weighted by Crippen LogP contribution is -2.39. The first-order valence-electron chi connectivity index (χ1n) is 10.1. The van der Waals surface area contributed by atoms with E-state index in [1.165, 1.54) is 12.0 Å². The average molecular weight is 502 g/mol. The summed E-state index contributed by atoms with van der Waals surface area (Å²) in [6, 6.07) is 6.16. The minimum atomic E-state index is 0. The number of hydrogen-bond acceptors (Lipinski definition) is 3. The Balaban J connectivity index is 0.00000392. The number of amides is 1. The second-order valence-corrected chi connectivity index (χ2v) is 7.03. The summed E-state index contributed by atoms with van der Waals surface area (Å²) in [5, 5.41) is 6.65. The largest absolute Gasteiger partial charge is 0.497 e. The second kappa shape index (κ2) is 13.6. The Morgan fingerprint density at radius 1 is 1.21 bits per heavy atom. The van der Waals surface area contributed by atoms with Crippen LogP contribution in [0.5, 0.6) is 5.75 Å². The van der Waals surface area contributed by atoms with Crippen molar-refractivity contribution >= 4 is 35.8 Å². The zero-order chi connectivity index (χ0) is 19.5. The van der Waals surface area contributed by atoms with Crippen LogP contribution in [0.15, 0.2) is 23.2 Å². The molecule has 2 rings (SSSR count). The number of carbonyl (C=O) groups excluding carboxylic acids is 1. The van der Waals surface area contributed by atoms with E-state index in [1.54, 1.807) is 7.11 Å². The average Bonchev–Trinajstić information content (AvgIpc) is 2.86. The number of nitrogens with one attached hydrogen (secondary N) is 2. The molecule has 1 amide bonds. The highest BCUT2D eigenvalue weighted by atomic mass is 127. The molecule has 1 aliphatic rings. The van der Waals surface area contributed by atoms with Crippen LogP contribution < -0.4 is 15.4 Å². The number of halogens is 1. The van der Waals surface area contributed by atoms with E-state index in [2.05, 4.69) is 35.5 Å². The van der Waals surface area contributed by atoms with E-state index in [4.69, 9.17) is 4.74 Å². The van der Waals surface area contributed by atoms with Gasteiger partial charge in [0.25, 0.3) is 0 Å². The predicted octanol–water partition coefficient (Wildman–Crippen LogP) is 3.47. The van der Waals surface area contributed by atoms with Crippen LogP contribution in [0.2, 0.25) is 0 Å². The summed E-state index contributed by atoms with van der Waals surface area (Å²) < 4.78 is 5.33. The molecule has 1 aromatic rings. The van der Waals surface area contributed by atoms with E-state index in [-0.39, 0.29) is 24.0 Å². The Morgan fingerprint density at radius 2 is 2.04 bits per heavy atom. The quantitative estimate of drug-likeness (QED) is 0.247. The maximum atomic E-state index is 12.0. The topological polar surface area (TPSA) is 66.0 Å². The molecule has 6 nitrogen and oxygen atoms in total. The molecule has 1 aromatic carbocycles. The van der Waals surface area contributed by atoms with Crippen molar-refractivity contribution in [3.63, 3.8) is 0 Å².